The third-order valence-corrected chi connectivity index (χ3v) is 6.62. The molecule has 2 aliphatic rings. The largest absolute Gasteiger partial charge is 0.312 e. The van der Waals surface area contributed by atoms with Gasteiger partial charge in [-0.2, -0.15) is 0 Å². The number of rotatable bonds is 1. The minimum absolute atomic E-state index is 0.00417. The molecule has 0 aliphatic carbocycles. The normalized spacial score (nSPS) is 16.1. The molecule has 0 fully saturated rings. The summed E-state index contributed by atoms with van der Waals surface area (Å²) in [6.07, 6.45) is -0.721. The van der Waals surface area contributed by atoms with Gasteiger partial charge in [0.2, 0.25) is 0 Å². The lowest BCUT2D eigenvalue weighted by Crippen LogP contribution is -2.29. The fourth-order valence-electron chi connectivity index (χ4n) is 4.88. The van der Waals surface area contributed by atoms with Crippen molar-refractivity contribution in [2.45, 2.75) is 91.7 Å². The van der Waals surface area contributed by atoms with E-state index in [1.54, 1.807) is 12.1 Å². The maximum atomic E-state index is 14.0. The molecule has 0 spiro atoms. The van der Waals surface area contributed by atoms with E-state index in [9.17, 15) is 13.2 Å². The van der Waals surface area contributed by atoms with Crippen molar-refractivity contribution < 1.29 is 13.2 Å². The standard InChI is InChI=1S/C14H19F2N.C14H20FN/c1-14(2,3)12-7-10(13(15)16)6-9-4-5-17-8-11(9)12;1-9-7-12(14(2,3)4)11-8-16-6-5-10(11)13(9)15/h6-7,13,17H,4-5,8H2,1-3H3;7,16H,5-6,8H2,1-4H3. The van der Waals surface area contributed by atoms with Crippen LogP contribution in [0.2, 0.25) is 0 Å². The molecular weight excluding hydrogens is 421 g/mol. The summed E-state index contributed by atoms with van der Waals surface area (Å²) in [5, 5.41) is 6.65. The first-order valence-electron chi connectivity index (χ1n) is 12.0. The van der Waals surface area contributed by atoms with Gasteiger partial charge in [0.05, 0.1) is 0 Å². The maximum Gasteiger partial charge on any atom is 0.263 e. The summed E-state index contributed by atoms with van der Waals surface area (Å²) in [5.74, 6) is 0.00417. The van der Waals surface area contributed by atoms with Crippen LogP contribution >= 0.6 is 0 Å². The molecule has 2 aromatic rings. The zero-order valence-corrected chi connectivity index (χ0v) is 21.2. The second-order valence-corrected chi connectivity index (χ2v) is 11.4. The summed E-state index contributed by atoms with van der Waals surface area (Å²) >= 11 is 0. The van der Waals surface area contributed by atoms with Gasteiger partial charge in [-0.15, -0.1) is 0 Å². The van der Waals surface area contributed by atoms with Gasteiger partial charge >= 0.3 is 0 Å². The Morgan fingerprint density at radius 1 is 0.758 bits per heavy atom. The maximum absolute atomic E-state index is 14.0. The molecule has 0 atom stereocenters. The topological polar surface area (TPSA) is 24.1 Å². The number of benzene rings is 2. The fourth-order valence-corrected chi connectivity index (χ4v) is 4.88. The molecule has 0 unspecified atom stereocenters. The molecule has 2 heterocycles. The molecule has 2 aromatic carbocycles. The van der Waals surface area contributed by atoms with E-state index < -0.39 is 6.43 Å². The van der Waals surface area contributed by atoms with E-state index in [2.05, 4.69) is 52.2 Å². The van der Waals surface area contributed by atoms with E-state index in [0.717, 1.165) is 61.3 Å². The molecule has 0 saturated carbocycles. The minimum atomic E-state index is -2.38. The van der Waals surface area contributed by atoms with Crippen molar-refractivity contribution in [3.8, 4) is 0 Å². The van der Waals surface area contributed by atoms with Crippen LogP contribution in [0, 0.1) is 12.7 Å². The number of fused-ring (bicyclic) bond motifs is 2. The van der Waals surface area contributed by atoms with Crippen molar-refractivity contribution in [3.63, 3.8) is 0 Å². The lowest BCUT2D eigenvalue weighted by Gasteiger charge is -2.29. The Hall–Kier alpha value is -1.85. The van der Waals surface area contributed by atoms with E-state index in [1.165, 1.54) is 16.7 Å². The van der Waals surface area contributed by atoms with Crippen LogP contribution in [0.4, 0.5) is 13.2 Å². The van der Waals surface area contributed by atoms with Crippen molar-refractivity contribution in [3.05, 3.63) is 68.5 Å². The van der Waals surface area contributed by atoms with Crippen LogP contribution in [0.5, 0.6) is 0 Å². The second-order valence-electron chi connectivity index (χ2n) is 11.4. The molecule has 4 rings (SSSR count). The summed E-state index contributed by atoms with van der Waals surface area (Å²) in [5.41, 5.74) is 7.70. The van der Waals surface area contributed by atoms with Crippen molar-refractivity contribution in [2.75, 3.05) is 13.1 Å². The van der Waals surface area contributed by atoms with E-state index in [-0.39, 0.29) is 22.2 Å². The van der Waals surface area contributed by atoms with Crippen molar-refractivity contribution >= 4 is 0 Å². The molecule has 0 radical (unpaired) electrons. The smallest absolute Gasteiger partial charge is 0.263 e. The molecule has 2 aliphatic heterocycles. The average molecular weight is 461 g/mol. The van der Waals surface area contributed by atoms with Crippen LogP contribution in [0.15, 0.2) is 18.2 Å². The zero-order chi connectivity index (χ0) is 24.6. The third kappa shape index (κ3) is 5.81. The van der Waals surface area contributed by atoms with E-state index in [0.29, 0.717) is 0 Å². The molecule has 33 heavy (non-hydrogen) atoms. The molecule has 0 bridgehead atoms. The third-order valence-electron chi connectivity index (χ3n) is 6.62. The summed E-state index contributed by atoms with van der Waals surface area (Å²) in [6.45, 7) is 18.0. The number of alkyl halides is 2. The summed E-state index contributed by atoms with van der Waals surface area (Å²) < 4.78 is 39.8. The van der Waals surface area contributed by atoms with Crippen LogP contribution in [-0.4, -0.2) is 13.1 Å². The number of hydrogen-bond donors (Lipinski definition) is 2. The first kappa shape index (κ1) is 25.8. The van der Waals surface area contributed by atoms with Crippen molar-refractivity contribution in [1.82, 2.24) is 10.6 Å². The molecule has 182 valence electrons. The van der Waals surface area contributed by atoms with Crippen LogP contribution in [0.1, 0.15) is 92.5 Å². The highest BCUT2D eigenvalue weighted by Crippen LogP contribution is 2.34. The van der Waals surface area contributed by atoms with Gasteiger partial charge in [0.15, 0.2) is 0 Å². The van der Waals surface area contributed by atoms with Gasteiger partial charge in [-0.25, -0.2) is 13.2 Å². The molecule has 0 aromatic heterocycles. The van der Waals surface area contributed by atoms with Crippen LogP contribution in [0.25, 0.3) is 0 Å². The molecule has 0 amide bonds. The SMILES string of the molecule is CC(C)(C)c1cc(C(F)F)cc2c1CNCC2.Cc1cc(C(C)(C)C)c2c(c1F)CCNC2. The predicted molar refractivity (Wildman–Crippen MR) is 131 cm³/mol. The van der Waals surface area contributed by atoms with Gasteiger partial charge in [-0.1, -0.05) is 47.6 Å². The first-order valence-corrected chi connectivity index (χ1v) is 12.0. The molecule has 5 heteroatoms. The summed E-state index contributed by atoms with van der Waals surface area (Å²) in [6, 6.07) is 5.37. The van der Waals surface area contributed by atoms with Gasteiger partial charge in [-0.05, 0) is 94.8 Å². The quantitative estimate of drug-likeness (QED) is 0.498. The minimum Gasteiger partial charge on any atom is -0.312 e. The number of halogens is 3. The molecular formula is C28H39F3N2. The van der Waals surface area contributed by atoms with Gasteiger partial charge in [-0.3, -0.25) is 0 Å². The van der Waals surface area contributed by atoms with Gasteiger partial charge in [0.1, 0.15) is 5.82 Å². The van der Waals surface area contributed by atoms with Crippen LogP contribution in [-0.2, 0) is 36.8 Å². The molecule has 2 N–H and O–H groups in total. The van der Waals surface area contributed by atoms with Gasteiger partial charge < -0.3 is 10.6 Å². The number of nitrogens with one attached hydrogen (secondary N) is 2. The lowest BCUT2D eigenvalue weighted by atomic mass is 9.79. The van der Waals surface area contributed by atoms with Gasteiger partial charge in [0, 0.05) is 18.7 Å². The second kappa shape index (κ2) is 9.79. The van der Waals surface area contributed by atoms with Crippen molar-refractivity contribution in [1.29, 1.82) is 0 Å². The first-order chi connectivity index (χ1) is 15.3. The highest BCUT2D eigenvalue weighted by molar-refractivity contribution is 5.45. The van der Waals surface area contributed by atoms with Gasteiger partial charge in [0.25, 0.3) is 6.43 Å². The Morgan fingerprint density at radius 3 is 1.88 bits per heavy atom. The van der Waals surface area contributed by atoms with Crippen LogP contribution < -0.4 is 10.6 Å². The lowest BCUT2D eigenvalue weighted by molar-refractivity contribution is 0.151. The number of aryl methyl sites for hydroxylation is 1. The Labute approximate surface area is 197 Å². The molecule has 2 nitrogen and oxygen atoms in total. The highest BCUT2D eigenvalue weighted by atomic mass is 19.3. The Balaban J connectivity index is 0.000000186. The average Bonchev–Trinajstić information content (AvgIpc) is 2.74. The summed E-state index contributed by atoms with van der Waals surface area (Å²) in [4.78, 5) is 0. The van der Waals surface area contributed by atoms with E-state index in [4.69, 9.17) is 0 Å². The van der Waals surface area contributed by atoms with Crippen molar-refractivity contribution in [2.24, 2.45) is 0 Å². The predicted octanol–water partition coefficient (Wildman–Crippen LogP) is 6.64. The highest BCUT2D eigenvalue weighted by Gasteiger charge is 2.26. The zero-order valence-electron chi connectivity index (χ0n) is 21.2. The van der Waals surface area contributed by atoms with Crippen LogP contribution in [0.3, 0.4) is 0 Å². The fraction of sp³-hybridized carbons (Fsp3) is 0.571. The Morgan fingerprint density at radius 2 is 1.30 bits per heavy atom. The Kier molecular flexibility index (Phi) is 7.65. The van der Waals surface area contributed by atoms with E-state index in [1.807, 2.05) is 13.0 Å². The monoisotopic (exact) mass is 460 g/mol. The van der Waals surface area contributed by atoms with E-state index >= 15 is 0 Å². The number of hydrogen-bond acceptors (Lipinski definition) is 2. The Bertz CT molecular complexity index is 998. The summed E-state index contributed by atoms with van der Waals surface area (Å²) in [7, 11) is 0. The molecule has 0 saturated heterocycles.